The Morgan fingerprint density at radius 3 is 2.67 bits per heavy atom. The lowest BCUT2D eigenvalue weighted by atomic mass is 10.1. The van der Waals surface area contributed by atoms with Crippen molar-refractivity contribution >= 4 is 39.6 Å². The van der Waals surface area contributed by atoms with E-state index in [0.717, 1.165) is 53.3 Å². The van der Waals surface area contributed by atoms with Crippen molar-refractivity contribution in [3.63, 3.8) is 0 Å². The van der Waals surface area contributed by atoms with Gasteiger partial charge in [0.1, 0.15) is 5.00 Å². The Labute approximate surface area is 186 Å². The van der Waals surface area contributed by atoms with E-state index < -0.39 is 0 Å². The molecule has 0 saturated carbocycles. The van der Waals surface area contributed by atoms with E-state index in [1.807, 2.05) is 32.0 Å². The number of anilines is 1. The van der Waals surface area contributed by atoms with Crippen LogP contribution in [0.25, 0.3) is 0 Å². The molecule has 1 heterocycles. The fourth-order valence-corrected chi connectivity index (χ4v) is 5.08. The highest BCUT2D eigenvalue weighted by atomic mass is 32.1. The van der Waals surface area contributed by atoms with Crippen LogP contribution >= 0.6 is 23.6 Å². The molecule has 0 fully saturated rings. The maximum absolute atomic E-state index is 12.3. The van der Waals surface area contributed by atoms with Crippen molar-refractivity contribution in [2.75, 3.05) is 32.2 Å². The third kappa shape index (κ3) is 5.23. The quantitative estimate of drug-likeness (QED) is 0.437. The second-order valence-electron chi connectivity index (χ2n) is 6.83. The molecule has 0 amide bonds. The molecule has 0 spiro atoms. The molecule has 0 radical (unpaired) electrons. The molecular formula is C22H28N2O4S2. The zero-order valence-electron chi connectivity index (χ0n) is 17.6. The molecule has 162 valence electrons. The Kier molecular flexibility index (Phi) is 7.93. The molecule has 0 atom stereocenters. The van der Waals surface area contributed by atoms with Crippen LogP contribution in [-0.4, -0.2) is 38.0 Å². The molecule has 0 unspecified atom stereocenters. The number of hydrogen-bond donors (Lipinski definition) is 2. The summed E-state index contributed by atoms with van der Waals surface area (Å²) in [5.74, 6) is 1.21. The van der Waals surface area contributed by atoms with E-state index in [-0.39, 0.29) is 5.97 Å². The number of aryl methyl sites for hydroxylation is 1. The number of carbonyl (C=O) groups is 1. The van der Waals surface area contributed by atoms with Gasteiger partial charge in [0.2, 0.25) is 0 Å². The maximum Gasteiger partial charge on any atom is 0.341 e. The third-order valence-electron chi connectivity index (χ3n) is 4.84. The smallest absolute Gasteiger partial charge is 0.341 e. The summed E-state index contributed by atoms with van der Waals surface area (Å²) in [7, 11) is 1.41. The van der Waals surface area contributed by atoms with Gasteiger partial charge in [0.15, 0.2) is 16.6 Å². The van der Waals surface area contributed by atoms with Crippen molar-refractivity contribution in [1.82, 2.24) is 5.32 Å². The van der Waals surface area contributed by atoms with Gasteiger partial charge in [0.25, 0.3) is 0 Å². The molecule has 2 N–H and O–H groups in total. The Hall–Kier alpha value is -2.32. The van der Waals surface area contributed by atoms with Crippen LogP contribution in [-0.2, 0) is 24.0 Å². The van der Waals surface area contributed by atoms with Gasteiger partial charge in [-0.15, -0.1) is 11.3 Å². The lowest BCUT2D eigenvalue weighted by Gasteiger charge is -2.13. The predicted octanol–water partition coefficient (Wildman–Crippen LogP) is 4.35. The summed E-state index contributed by atoms with van der Waals surface area (Å²) in [5, 5.41) is 7.68. The normalized spacial score (nSPS) is 12.2. The number of thiocarbonyl (C=S) groups is 1. The molecule has 1 aliphatic carbocycles. The maximum atomic E-state index is 12.3. The van der Waals surface area contributed by atoms with Gasteiger partial charge >= 0.3 is 5.97 Å². The van der Waals surface area contributed by atoms with Crippen LogP contribution in [0.2, 0.25) is 0 Å². The standard InChI is InChI=1S/C22H28N2O4S2/c1-4-27-16-10-9-14(13-17(16)28-5-2)11-12-23-22(29)24-20-19(21(25)26-3)15-7-6-8-18(15)30-20/h9-10,13H,4-8,11-12H2,1-3H3,(H2,23,24,29). The van der Waals surface area contributed by atoms with Crippen molar-refractivity contribution in [2.45, 2.75) is 39.5 Å². The Balaban J connectivity index is 1.58. The van der Waals surface area contributed by atoms with Crippen LogP contribution in [0.1, 0.15) is 46.6 Å². The van der Waals surface area contributed by atoms with Gasteiger partial charge in [-0.1, -0.05) is 6.07 Å². The molecule has 0 bridgehead atoms. The van der Waals surface area contributed by atoms with Crippen LogP contribution < -0.4 is 20.1 Å². The molecule has 0 aliphatic heterocycles. The van der Waals surface area contributed by atoms with Gasteiger partial charge in [0.05, 0.1) is 25.9 Å². The number of ether oxygens (including phenoxy) is 3. The first-order chi connectivity index (χ1) is 14.6. The van der Waals surface area contributed by atoms with Gasteiger partial charge in [-0.3, -0.25) is 0 Å². The summed E-state index contributed by atoms with van der Waals surface area (Å²) < 4.78 is 16.3. The first-order valence-electron chi connectivity index (χ1n) is 10.2. The van der Waals surface area contributed by atoms with E-state index in [1.54, 1.807) is 11.3 Å². The SMILES string of the molecule is CCOc1ccc(CCNC(=S)Nc2sc3c(c2C(=O)OC)CCC3)cc1OCC. The Morgan fingerprint density at radius 2 is 1.93 bits per heavy atom. The third-order valence-corrected chi connectivity index (χ3v) is 6.30. The van der Waals surface area contributed by atoms with Crippen LogP contribution in [0.4, 0.5) is 5.00 Å². The average molecular weight is 449 g/mol. The monoisotopic (exact) mass is 448 g/mol. The zero-order valence-corrected chi connectivity index (χ0v) is 19.3. The zero-order chi connectivity index (χ0) is 21.5. The largest absolute Gasteiger partial charge is 0.490 e. The number of benzene rings is 1. The number of fused-ring (bicyclic) bond motifs is 1. The van der Waals surface area contributed by atoms with E-state index in [0.29, 0.717) is 30.4 Å². The van der Waals surface area contributed by atoms with E-state index in [2.05, 4.69) is 10.6 Å². The molecule has 1 aromatic heterocycles. The number of thiophene rings is 1. The Morgan fingerprint density at radius 1 is 1.17 bits per heavy atom. The van der Waals surface area contributed by atoms with E-state index in [4.69, 9.17) is 26.4 Å². The van der Waals surface area contributed by atoms with Crippen molar-refractivity contribution < 1.29 is 19.0 Å². The molecule has 0 saturated heterocycles. The predicted molar refractivity (Wildman–Crippen MR) is 124 cm³/mol. The molecule has 2 aromatic rings. The lowest BCUT2D eigenvalue weighted by Crippen LogP contribution is -2.30. The van der Waals surface area contributed by atoms with Crippen LogP contribution in [0, 0.1) is 0 Å². The summed E-state index contributed by atoms with van der Waals surface area (Å²) in [6.45, 7) is 5.75. The summed E-state index contributed by atoms with van der Waals surface area (Å²) in [5.41, 5.74) is 2.87. The summed E-state index contributed by atoms with van der Waals surface area (Å²) in [4.78, 5) is 13.5. The molecule has 30 heavy (non-hydrogen) atoms. The van der Waals surface area contributed by atoms with Crippen molar-refractivity contribution in [3.8, 4) is 11.5 Å². The van der Waals surface area contributed by atoms with Gasteiger partial charge in [-0.25, -0.2) is 4.79 Å². The first kappa shape index (κ1) is 22.4. The van der Waals surface area contributed by atoms with Crippen molar-refractivity contribution in [1.29, 1.82) is 0 Å². The molecule has 6 nitrogen and oxygen atoms in total. The molecule has 3 rings (SSSR count). The van der Waals surface area contributed by atoms with Gasteiger partial charge in [-0.2, -0.15) is 0 Å². The van der Waals surface area contributed by atoms with E-state index in [1.165, 1.54) is 12.0 Å². The fourth-order valence-electron chi connectivity index (χ4n) is 3.53. The molecule has 1 aromatic carbocycles. The summed E-state index contributed by atoms with van der Waals surface area (Å²) in [6, 6.07) is 5.98. The highest BCUT2D eigenvalue weighted by Gasteiger charge is 2.27. The number of esters is 1. The number of nitrogens with one attached hydrogen (secondary N) is 2. The van der Waals surface area contributed by atoms with Crippen LogP contribution in [0.5, 0.6) is 11.5 Å². The van der Waals surface area contributed by atoms with Crippen molar-refractivity contribution in [2.24, 2.45) is 0 Å². The Bertz CT molecular complexity index is 911. The fraction of sp³-hybridized carbons (Fsp3) is 0.455. The van der Waals surface area contributed by atoms with Gasteiger partial charge in [-0.05, 0) is 75.0 Å². The first-order valence-corrected chi connectivity index (χ1v) is 11.5. The number of rotatable bonds is 9. The highest BCUT2D eigenvalue weighted by molar-refractivity contribution is 7.80. The molecule has 8 heteroatoms. The second kappa shape index (κ2) is 10.6. The summed E-state index contributed by atoms with van der Waals surface area (Å²) in [6.07, 6.45) is 3.78. The van der Waals surface area contributed by atoms with Gasteiger partial charge in [0, 0.05) is 11.4 Å². The molecular weight excluding hydrogens is 420 g/mol. The van der Waals surface area contributed by atoms with Crippen LogP contribution in [0.3, 0.4) is 0 Å². The number of hydrogen-bond acceptors (Lipinski definition) is 6. The second-order valence-corrected chi connectivity index (χ2v) is 8.34. The lowest BCUT2D eigenvalue weighted by molar-refractivity contribution is 0.0601. The molecule has 1 aliphatic rings. The average Bonchev–Trinajstić information content (AvgIpc) is 3.30. The topological polar surface area (TPSA) is 68.8 Å². The van der Waals surface area contributed by atoms with Gasteiger partial charge < -0.3 is 24.8 Å². The van der Waals surface area contributed by atoms with Crippen LogP contribution in [0.15, 0.2) is 18.2 Å². The number of methoxy groups -OCH3 is 1. The van der Waals surface area contributed by atoms with E-state index in [9.17, 15) is 4.79 Å². The highest BCUT2D eigenvalue weighted by Crippen LogP contribution is 2.39. The minimum atomic E-state index is -0.308. The number of carbonyl (C=O) groups excluding carboxylic acids is 1. The van der Waals surface area contributed by atoms with Crippen molar-refractivity contribution in [3.05, 3.63) is 39.8 Å². The minimum Gasteiger partial charge on any atom is -0.490 e. The summed E-state index contributed by atoms with van der Waals surface area (Å²) >= 11 is 7.05. The van der Waals surface area contributed by atoms with E-state index >= 15 is 0 Å². The minimum absolute atomic E-state index is 0.308.